The number of fused-ring (bicyclic) bond motifs is 1. The van der Waals surface area contributed by atoms with E-state index in [4.69, 9.17) is 0 Å². The molecule has 0 fully saturated rings. The van der Waals surface area contributed by atoms with E-state index in [-0.39, 0.29) is 0 Å². The van der Waals surface area contributed by atoms with Gasteiger partial charge in [0.05, 0.1) is 5.52 Å². The number of pyridine rings is 1. The predicted molar refractivity (Wildman–Crippen MR) is 70.5 cm³/mol. The van der Waals surface area contributed by atoms with Crippen LogP contribution in [0, 0.1) is 6.92 Å². The van der Waals surface area contributed by atoms with Gasteiger partial charge in [0.25, 0.3) is 0 Å². The summed E-state index contributed by atoms with van der Waals surface area (Å²) in [5, 5.41) is 0.971. The lowest BCUT2D eigenvalue weighted by molar-refractivity contribution is 0.112. The molecule has 1 aromatic heterocycles. The first kappa shape index (κ1) is 11.8. The van der Waals surface area contributed by atoms with Crippen LogP contribution < -0.4 is 0 Å². The molecule has 0 spiro atoms. The number of rotatable bonds is 4. The van der Waals surface area contributed by atoms with Crippen molar-refractivity contribution in [2.75, 3.05) is 0 Å². The standard InChI is InChI=1S/C15H17NO/c1-3-4-5-12-6-7-15-14(9-12)13(10-17)8-11(2)16-15/h6-10H,3-5H2,1-2H3. The largest absolute Gasteiger partial charge is 0.298 e. The Morgan fingerprint density at radius 2 is 2.12 bits per heavy atom. The summed E-state index contributed by atoms with van der Waals surface area (Å²) in [5.74, 6) is 0. The fraction of sp³-hybridized carbons (Fsp3) is 0.333. The van der Waals surface area contributed by atoms with Gasteiger partial charge in [-0.2, -0.15) is 0 Å². The van der Waals surface area contributed by atoms with Gasteiger partial charge in [0.1, 0.15) is 0 Å². The predicted octanol–water partition coefficient (Wildman–Crippen LogP) is 3.70. The highest BCUT2D eigenvalue weighted by Crippen LogP contribution is 2.19. The molecule has 0 aliphatic carbocycles. The highest BCUT2D eigenvalue weighted by atomic mass is 16.1. The van der Waals surface area contributed by atoms with Crippen LogP contribution in [0.5, 0.6) is 0 Å². The molecule has 0 amide bonds. The first-order chi connectivity index (χ1) is 8.24. The Balaban J connectivity index is 2.51. The monoisotopic (exact) mass is 227 g/mol. The van der Waals surface area contributed by atoms with Crippen molar-refractivity contribution in [3.63, 3.8) is 0 Å². The minimum atomic E-state index is 0.742. The van der Waals surface area contributed by atoms with E-state index in [0.717, 1.165) is 34.9 Å². The molecule has 0 radical (unpaired) electrons. The molecule has 0 saturated carbocycles. The van der Waals surface area contributed by atoms with Gasteiger partial charge in [-0.15, -0.1) is 0 Å². The minimum Gasteiger partial charge on any atom is -0.298 e. The molecular formula is C15H17NO. The Morgan fingerprint density at radius 3 is 2.82 bits per heavy atom. The maximum absolute atomic E-state index is 11.1. The van der Waals surface area contributed by atoms with E-state index in [0.29, 0.717) is 0 Å². The Morgan fingerprint density at radius 1 is 1.29 bits per heavy atom. The Labute approximate surface area is 102 Å². The third-order valence-corrected chi connectivity index (χ3v) is 2.98. The number of aryl methyl sites for hydroxylation is 2. The lowest BCUT2D eigenvalue weighted by atomic mass is 10.0. The summed E-state index contributed by atoms with van der Waals surface area (Å²) in [4.78, 5) is 15.5. The topological polar surface area (TPSA) is 30.0 Å². The number of aromatic nitrogens is 1. The van der Waals surface area contributed by atoms with Gasteiger partial charge < -0.3 is 0 Å². The van der Waals surface area contributed by atoms with E-state index in [1.165, 1.54) is 18.4 Å². The molecule has 1 heterocycles. The smallest absolute Gasteiger partial charge is 0.150 e. The van der Waals surface area contributed by atoms with Crippen LogP contribution in [0.25, 0.3) is 10.9 Å². The van der Waals surface area contributed by atoms with Crippen LogP contribution in [-0.4, -0.2) is 11.3 Å². The fourth-order valence-corrected chi connectivity index (χ4v) is 2.07. The average Bonchev–Trinajstić information content (AvgIpc) is 2.35. The quantitative estimate of drug-likeness (QED) is 0.745. The van der Waals surface area contributed by atoms with Crippen LogP contribution >= 0.6 is 0 Å². The van der Waals surface area contributed by atoms with Crippen molar-refractivity contribution in [2.45, 2.75) is 33.1 Å². The molecule has 0 atom stereocenters. The fourth-order valence-electron chi connectivity index (χ4n) is 2.07. The Bertz CT molecular complexity index is 546. The average molecular weight is 227 g/mol. The van der Waals surface area contributed by atoms with Crippen molar-refractivity contribution in [3.05, 3.63) is 41.1 Å². The normalized spacial score (nSPS) is 10.7. The summed E-state index contributed by atoms with van der Waals surface area (Å²) in [6.45, 7) is 4.10. The van der Waals surface area contributed by atoms with Gasteiger partial charge in [-0.25, -0.2) is 0 Å². The second-order valence-corrected chi connectivity index (χ2v) is 4.43. The Kier molecular flexibility index (Phi) is 3.52. The highest BCUT2D eigenvalue weighted by molar-refractivity contribution is 5.96. The summed E-state index contributed by atoms with van der Waals surface area (Å²) in [6, 6.07) is 8.07. The summed E-state index contributed by atoms with van der Waals surface area (Å²) in [7, 11) is 0. The van der Waals surface area contributed by atoms with Crippen LogP contribution in [0.1, 0.15) is 41.4 Å². The third-order valence-electron chi connectivity index (χ3n) is 2.98. The number of hydrogen-bond acceptors (Lipinski definition) is 2. The summed E-state index contributed by atoms with van der Waals surface area (Å²) >= 11 is 0. The minimum absolute atomic E-state index is 0.742. The molecule has 2 aromatic rings. The summed E-state index contributed by atoms with van der Waals surface area (Å²) in [6.07, 6.45) is 4.35. The van der Waals surface area contributed by atoms with Gasteiger partial charge in [0.15, 0.2) is 6.29 Å². The lowest BCUT2D eigenvalue weighted by Gasteiger charge is -2.06. The summed E-state index contributed by atoms with van der Waals surface area (Å²) in [5.41, 5.74) is 3.83. The van der Waals surface area contributed by atoms with Gasteiger partial charge in [0.2, 0.25) is 0 Å². The summed E-state index contributed by atoms with van der Waals surface area (Å²) < 4.78 is 0. The van der Waals surface area contributed by atoms with Crippen LogP contribution in [0.15, 0.2) is 24.3 Å². The second-order valence-electron chi connectivity index (χ2n) is 4.43. The molecular weight excluding hydrogens is 210 g/mol. The van der Waals surface area contributed by atoms with Crippen molar-refractivity contribution >= 4 is 17.2 Å². The first-order valence-corrected chi connectivity index (χ1v) is 6.10. The molecule has 0 saturated heterocycles. The Hall–Kier alpha value is -1.70. The van der Waals surface area contributed by atoms with E-state index in [2.05, 4.69) is 24.0 Å². The van der Waals surface area contributed by atoms with Crippen LogP contribution in [0.3, 0.4) is 0 Å². The van der Waals surface area contributed by atoms with Gasteiger partial charge in [-0.1, -0.05) is 19.4 Å². The first-order valence-electron chi connectivity index (χ1n) is 6.10. The molecule has 0 bridgehead atoms. The van der Waals surface area contributed by atoms with Gasteiger partial charge in [0, 0.05) is 16.6 Å². The van der Waals surface area contributed by atoms with Crippen LogP contribution in [-0.2, 0) is 6.42 Å². The molecule has 2 nitrogen and oxygen atoms in total. The molecule has 0 aliphatic rings. The van der Waals surface area contributed by atoms with E-state index >= 15 is 0 Å². The molecule has 0 aliphatic heterocycles. The number of unbranched alkanes of at least 4 members (excludes halogenated alkanes) is 1. The van der Waals surface area contributed by atoms with E-state index in [1.807, 2.05) is 19.1 Å². The van der Waals surface area contributed by atoms with Gasteiger partial charge >= 0.3 is 0 Å². The number of carbonyl (C=O) groups is 1. The van der Waals surface area contributed by atoms with Crippen molar-refractivity contribution in [2.24, 2.45) is 0 Å². The van der Waals surface area contributed by atoms with Crippen molar-refractivity contribution in [1.82, 2.24) is 4.98 Å². The van der Waals surface area contributed by atoms with E-state index in [9.17, 15) is 4.79 Å². The van der Waals surface area contributed by atoms with Crippen molar-refractivity contribution in [1.29, 1.82) is 0 Å². The SMILES string of the molecule is CCCCc1ccc2nc(C)cc(C=O)c2c1. The molecule has 2 heteroatoms. The molecule has 1 aromatic carbocycles. The molecule has 88 valence electrons. The second kappa shape index (κ2) is 5.09. The number of nitrogens with zero attached hydrogens (tertiary/aromatic N) is 1. The maximum atomic E-state index is 11.1. The van der Waals surface area contributed by atoms with Crippen LogP contribution in [0.4, 0.5) is 0 Å². The van der Waals surface area contributed by atoms with Gasteiger partial charge in [-0.3, -0.25) is 9.78 Å². The zero-order chi connectivity index (χ0) is 12.3. The molecule has 0 N–H and O–H groups in total. The van der Waals surface area contributed by atoms with E-state index < -0.39 is 0 Å². The zero-order valence-corrected chi connectivity index (χ0v) is 10.4. The third kappa shape index (κ3) is 2.52. The highest BCUT2D eigenvalue weighted by Gasteiger charge is 2.04. The molecule has 0 unspecified atom stereocenters. The molecule has 17 heavy (non-hydrogen) atoms. The zero-order valence-electron chi connectivity index (χ0n) is 10.4. The number of carbonyl (C=O) groups excluding carboxylic acids is 1. The van der Waals surface area contributed by atoms with Crippen LogP contribution in [0.2, 0.25) is 0 Å². The maximum Gasteiger partial charge on any atom is 0.150 e. The van der Waals surface area contributed by atoms with Crippen molar-refractivity contribution in [3.8, 4) is 0 Å². The number of aldehydes is 1. The molecule has 2 rings (SSSR count). The van der Waals surface area contributed by atoms with Crippen molar-refractivity contribution < 1.29 is 4.79 Å². The number of hydrogen-bond donors (Lipinski definition) is 0. The number of benzene rings is 1. The lowest BCUT2D eigenvalue weighted by Crippen LogP contribution is -1.92. The van der Waals surface area contributed by atoms with Gasteiger partial charge in [-0.05, 0) is 43.5 Å². The van der Waals surface area contributed by atoms with E-state index in [1.54, 1.807) is 0 Å².